The number of thiazole rings is 2. The predicted octanol–water partition coefficient (Wildman–Crippen LogP) is 10.6. The molecule has 0 saturated heterocycles. The Kier molecular flexibility index (Phi) is 18.0. The van der Waals surface area contributed by atoms with Crippen LogP contribution in [0, 0.1) is 24.6 Å². The number of aryl methyl sites for hydroxylation is 2. The highest BCUT2D eigenvalue weighted by Gasteiger charge is 2.37. The van der Waals surface area contributed by atoms with Gasteiger partial charge in [0.15, 0.2) is 47.1 Å². The Labute approximate surface area is 389 Å². The van der Waals surface area contributed by atoms with Gasteiger partial charge in [-0.05, 0) is 113 Å². The van der Waals surface area contributed by atoms with E-state index in [0.29, 0.717) is 68.2 Å². The van der Waals surface area contributed by atoms with Crippen molar-refractivity contribution in [3.05, 3.63) is 80.8 Å². The molecule has 0 aliphatic heterocycles. The number of hydrogen-bond donors (Lipinski definition) is 0. The van der Waals surface area contributed by atoms with Gasteiger partial charge >= 0.3 is 5.97 Å². The van der Waals surface area contributed by atoms with Gasteiger partial charge in [-0.1, -0.05) is 75.7 Å². The molecule has 0 aliphatic rings. The molecule has 0 bridgehead atoms. The number of methoxy groups -OCH3 is 1. The second-order valence-electron chi connectivity index (χ2n) is 18.8. The van der Waals surface area contributed by atoms with Gasteiger partial charge in [-0.25, -0.2) is 14.2 Å². The molecular weight excluding hydrogens is 882 g/mol. The van der Waals surface area contributed by atoms with Crippen LogP contribution in [0.4, 0.5) is 21.2 Å². The van der Waals surface area contributed by atoms with Crippen LogP contribution in [0.1, 0.15) is 66.5 Å². The van der Waals surface area contributed by atoms with Gasteiger partial charge in [-0.3, -0.25) is 9.47 Å². The number of fused-ring (bicyclic) bond motifs is 1. The molecule has 0 atom stereocenters. The Morgan fingerprint density at radius 1 is 0.969 bits per heavy atom. The van der Waals surface area contributed by atoms with Crippen LogP contribution in [-0.4, -0.2) is 101 Å². The molecule has 64 heavy (non-hydrogen) atoms. The van der Waals surface area contributed by atoms with Gasteiger partial charge in [0, 0.05) is 38.3 Å². The first kappa shape index (κ1) is 50.7. The quantitative estimate of drug-likeness (QED) is 0.0305. The zero-order chi connectivity index (χ0) is 46.7. The summed E-state index contributed by atoms with van der Waals surface area (Å²) in [4.78, 5) is 28.5. The van der Waals surface area contributed by atoms with Crippen LogP contribution >= 0.6 is 22.7 Å². The fraction of sp³-hybridized carbons (Fsp3) is 0.511. The summed E-state index contributed by atoms with van der Waals surface area (Å²) >= 11 is 2.99. The Morgan fingerprint density at radius 3 is 2.42 bits per heavy atom. The second-order valence-corrected chi connectivity index (χ2v) is 31.3. The number of nitrogens with zero attached hydrogens (tertiary/aromatic N) is 7. The lowest BCUT2D eigenvalue weighted by Gasteiger charge is -2.36. The molecule has 0 N–H and O–H groups in total. The van der Waals surface area contributed by atoms with Gasteiger partial charge in [0.2, 0.25) is 0 Å². The van der Waals surface area contributed by atoms with Crippen LogP contribution in [0.25, 0.3) is 10.2 Å². The summed E-state index contributed by atoms with van der Waals surface area (Å²) in [5.74, 6) is 6.24. The average molecular weight is 948 g/mol. The molecule has 0 aliphatic carbocycles. The van der Waals surface area contributed by atoms with Gasteiger partial charge in [0.05, 0.1) is 30.5 Å². The molecule has 17 heteroatoms. The van der Waals surface area contributed by atoms with Crippen molar-refractivity contribution in [1.82, 2.24) is 24.6 Å². The lowest BCUT2D eigenvalue weighted by Crippen LogP contribution is -2.41. The lowest BCUT2D eigenvalue weighted by atomic mass is 10.2. The molecular formula is C47H66FN7O5S2Si2. The third kappa shape index (κ3) is 14.4. The number of anilines is 2. The van der Waals surface area contributed by atoms with E-state index in [-0.39, 0.29) is 23.1 Å². The van der Waals surface area contributed by atoms with Gasteiger partial charge < -0.3 is 23.5 Å². The Balaban J connectivity index is 1.40. The number of benzene rings is 2. The summed E-state index contributed by atoms with van der Waals surface area (Å²) in [5, 5.41) is 10.1. The molecule has 0 spiro atoms. The van der Waals surface area contributed by atoms with E-state index in [1.165, 1.54) is 24.5 Å². The summed E-state index contributed by atoms with van der Waals surface area (Å²) < 4.78 is 41.9. The first-order valence-electron chi connectivity index (χ1n) is 21.9. The van der Waals surface area contributed by atoms with E-state index in [1.807, 2.05) is 49.0 Å². The molecule has 3 heterocycles. The Bertz CT molecular complexity index is 2480. The first-order chi connectivity index (χ1) is 30.3. The maximum absolute atomic E-state index is 14.9. The van der Waals surface area contributed by atoms with E-state index in [0.717, 1.165) is 44.3 Å². The van der Waals surface area contributed by atoms with E-state index in [1.54, 1.807) is 23.5 Å². The molecule has 346 valence electrons. The van der Waals surface area contributed by atoms with Crippen molar-refractivity contribution < 1.29 is 27.8 Å². The van der Waals surface area contributed by atoms with E-state index < -0.39 is 28.2 Å². The van der Waals surface area contributed by atoms with E-state index in [9.17, 15) is 9.18 Å². The van der Waals surface area contributed by atoms with Gasteiger partial charge in [-0.15, -0.1) is 21.5 Å². The SMILES string of the molecule is COC(=O)c1nc(N(CCCCO[Si](C)(C)C(C)(C)C)c2cc(C)c(N=c3sc4ccccc4n3COCC[Si](C)(C)C)nn2)sc1CCCOc1ccc(C#CCN(C)C)cc1F. The number of unbranched alkanes of at least 4 members (excludes halogenated alkanes) is 1. The van der Waals surface area contributed by atoms with Gasteiger partial charge in [0.1, 0.15) is 6.73 Å². The van der Waals surface area contributed by atoms with Gasteiger partial charge in [0.25, 0.3) is 0 Å². The number of aromatic nitrogens is 4. The third-order valence-electron chi connectivity index (χ3n) is 10.9. The molecule has 0 unspecified atom stereocenters. The summed E-state index contributed by atoms with van der Waals surface area (Å²) in [6.07, 6.45) is 2.58. The number of esters is 1. The third-order valence-corrected chi connectivity index (χ3v) is 19.4. The monoisotopic (exact) mass is 947 g/mol. The van der Waals surface area contributed by atoms with Crippen molar-refractivity contribution in [2.75, 3.05) is 59.0 Å². The summed E-state index contributed by atoms with van der Waals surface area (Å²) in [7, 11) is 2.04. The van der Waals surface area contributed by atoms with Crippen LogP contribution in [0.2, 0.25) is 43.8 Å². The maximum atomic E-state index is 14.9. The molecule has 3 aromatic heterocycles. The number of carbonyl (C=O) groups is 1. The largest absolute Gasteiger partial charge is 0.491 e. The summed E-state index contributed by atoms with van der Waals surface area (Å²) in [6.45, 7) is 23.4. The van der Waals surface area contributed by atoms with Crippen molar-refractivity contribution in [3.63, 3.8) is 0 Å². The highest BCUT2D eigenvalue weighted by molar-refractivity contribution is 7.16. The number of hydrogen-bond acceptors (Lipinski definition) is 13. The molecule has 5 rings (SSSR count). The van der Waals surface area contributed by atoms with Crippen LogP contribution in [0.3, 0.4) is 0 Å². The van der Waals surface area contributed by atoms with Crippen LogP contribution < -0.4 is 14.4 Å². The molecule has 0 radical (unpaired) electrons. The average Bonchev–Trinajstić information content (AvgIpc) is 3.80. The highest BCUT2D eigenvalue weighted by Crippen LogP contribution is 2.37. The zero-order valence-corrected chi connectivity index (χ0v) is 43.4. The molecule has 0 fully saturated rings. The van der Waals surface area contributed by atoms with Crippen molar-refractivity contribution >= 4 is 72.0 Å². The van der Waals surface area contributed by atoms with Crippen LogP contribution in [-0.2, 0) is 27.1 Å². The molecule has 2 aromatic carbocycles. The second kappa shape index (κ2) is 22.8. The standard InChI is InChI=1S/C47H66FN7O5S2Si2/c1-34-31-41(51-52-43(34)50-46-55(33-58-29-30-63(8,9)10)37-20-13-14-21-39(37)61-46)54(26-15-16-28-60-64(11,12)47(2,3)4)45-49-42(44(56)57-7)40(62-45)22-18-27-59-38-24-23-35(32-36(38)48)19-17-25-53(5)6/h13-14,20-21,23-24,31-32H,15-16,18,22,25-30,33H2,1-12H3. The molecule has 12 nitrogen and oxygen atoms in total. The topological polar surface area (TPSA) is 116 Å². The summed E-state index contributed by atoms with van der Waals surface area (Å²) in [5.41, 5.74) is 2.71. The van der Waals surface area contributed by atoms with Crippen molar-refractivity contribution in [3.8, 4) is 17.6 Å². The minimum absolute atomic E-state index is 0.112. The highest BCUT2D eigenvalue weighted by atomic mass is 32.1. The number of para-hydroxylation sites is 1. The van der Waals surface area contributed by atoms with E-state index in [4.69, 9.17) is 33.7 Å². The Morgan fingerprint density at radius 2 is 1.73 bits per heavy atom. The Hall–Kier alpha value is -4.29. The number of rotatable bonds is 21. The van der Waals surface area contributed by atoms with E-state index >= 15 is 0 Å². The minimum Gasteiger partial charge on any atom is -0.491 e. The van der Waals surface area contributed by atoms with Gasteiger partial charge in [-0.2, -0.15) is 4.99 Å². The van der Waals surface area contributed by atoms with E-state index in [2.05, 4.69) is 87.1 Å². The minimum atomic E-state index is -1.92. The normalized spacial score (nSPS) is 12.5. The van der Waals surface area contributed by atoms with Crippen molar-refractivity contribution in [2.24, 2.45) is 4.99 Å². The molecule has 5 aromatic rings. The number of carbonyl (C=O) groups excluding carboxylic acids is 1. The first-order valence-corrected chi connectivity index (χ1v) is 30.1. The fourth-order valence-electron chi connectivity index (χ4n) is 6.08. The zero-order valence-electron chi connectivity index (χ0n) is 39.8. The summed E-state index contributed by atoms with van der Waals surface area (Å²) in [6, 6.07) is 16.0. The lowest BCUT2D eigenvalue weighted by molar-refractivity contribution is 0.0593. The van der Waals surface area contributed by atoms with Crippen molar-refractivity contribution in [1.29, 1.82) is 0 Å². The van der Waals surface area contributed by atoms with Crippen molar-refractivity contribution in [2.45, 2.75) is 104 Å². The van der Waals surface area contributed by atoms with Crippen LogP contribution in [0.5, 0.6) is 5.75 Å². The fourth-order valence-corrected chi connectivity index (χ4v) is 10.1. The smallest absolute Gasteiger partial charge is 0.357 e. The number of ether oxygens (including phenoxy) is 3. The number of halogens is 1. The maximum Gasteiger partial charge on any atom is 0.357 e. The van der Waals surface area contributed by atoms with Crippen LogP contribution in [0.15, 0.2) is 53.5 Å². The predicted molar refractivity (Wildman–Crippen MR) is 264 cm³/mol. The molecule has 0 amide bonds. The molecule has 0 saturated carbocycles.